The second-order valence-electron chi connectivity index (χ2n) is 4.88. The Bertz CT molecular complexity index is 405. The molecule has 0 aromatic rings. The number of hydrogen-bond donors (Lipinski definition) is 1. The van der Waals surface area contributed by atoms with Crippen LogP contribution >= 0.6 is 12.2 Å². The van der Waals surface area contributed by atoms with E-state index in [9.17, 15) is 8.42 Å². The highest BCUT2D eigenvalue weighted by atomic mass is 32.2. The molecule has 5 nitrogen and oxygen atoms in total. The lowest BCUT2D eigenvalue weighted by molar-refractivity contribution is 0.0967. The average Bonchev–Trinajstić information content (AvgIpc) is 2.39. The Morgan fingerprint density at radius 3 is 2.50 bits per heavy atom. The molecule has 0 radical (unpaired) electrons. The van der Waals surface area contributed by atoms with Crippen molar-refractivity contribution in [2.45, 2.75) is 43.4 Å². The zero-order valence-corrected chi connectivity index (χ0v) is 12.0. The molecule has 1 unspecified atom stereocenters. The van der Waals surface area contributed by atoms with Crippen molar-refractivity contribution in [3.8, 4) is 0 Å². The molecular formula is C11H20N2O3S2. The maximum atomic E-state index is 12.6. The van der Waals surface area contributed by atoms with Gasteiger partial charge in [0, 0.05) is 19.8 Å². The van der Waals surface area contributed by atoms with Crippen LogP contribution in [0.3, 0.4) is 0 Å². The van der Waals surface area contributed by atoms with E-state index in [2.05, 4.69) is 0 Å². The summed E-state index contributed by atoms with van der Waals surface area (Å²) in [5.74, 6) is 0. The number of rotatable bonds is 3. The van der Waals surface area contributed by atoms with Gasteiger partial charge in [-0.2, -0.15) is 4.31 Å². The molecule has 0 amide bonds. The first-order chi connectivity index (χ1) is 8.53. The van der Waals surface area contributed by atoms with Gasteiger partial charge in [0.15, 0.2) is 0 Å². The number of sulfonamides is 1. The molecule has 7 heteroatoms. The van der Waals surface area contributed by atoms with Gasteiger partial charge >= 0.3 is 0 Å². The molecule has 2 fully saturated rings. The van der Waals surface area contributed by atoms with Crippen LogP contribution in [0.2, 0.25) is 0 Å². The summed E-state index contributed by atoms with van der Waals surface area (Å²) in [6.45, 7) is 1.59. The van der Waals surface area contributed by atoms with Crippen LogP contribution < -0.4 is 5.73 Å². The maximum Gasteiger partial charge on any atom is 0.217 e. The van der Waals surface area contributed by atoms with Crippen molar-refractivity contribution >= 4 is 27.2 Å². The third-order valence-electron chi connectivity index (χ3n) is 3.70. The molecule has 2 rings (SSSR count). The minimum Gasteiger partial charge on any atom is -0.392 e. The van der Waals surface area contributed by atoms with Gasteiger partial charge in [0.2, 0.25) is 10.0 Å². The summed E-state index contributed by atoms with van der Waals surface area (Å²) >= 11 is 5.01. The Balaban J connectivity index is 2.18. The van der Waals surface area contributed by atoms with E-state index in [-0.39, 0.29) is 11.3 Å². The SMILES string of the molecule is NC(=S)C1CCCCN1S(=O)(=O)C1CCOCC1. The van der Waals surface area contributed by atoms with Crippen LogP contribution in [0.25, 0.3) is 0 Å². The minimum absolute atomic E-state index is 0.290. The number of thiocarbonyl (C=S) groups is 1. The van der Waals surface area contributed by atoms with E-state index in [1.807, 2.05) is 0 Å². The van der Waals surface area contributed by atoms with Crippen LogP contribution in [0.5, 0.6) is 0 Å². The topological polar surface area (TPSA) is 72.6 Å². The third-order valence-corrected chi connectivity index (χ3v) is 6.38. The van der Waals surface area contributed by atoms with Gasteiger partial charge in [-0.15, -0.1) is 0 Å². The number of nitrogens with two attached hydrogens (primary N) is 1. The minimum atomic E-state index is -3.29. The van der Waals surface area contributed by atoms with E-state index in [1.165, 1.54) is 4.31 Å². The van der Waals surface area contributed by atoms with E-state index in [4.69, 9.17) is 22.7 Å². The predicted octanol–water partition coefficient (Wildman–Crippen LogP) is 0.636. The molecule has 104 valence electrons. The van der Waals surface area contributed by atoms with E-state index in [0.717, 1.165) is 19.3 Å². The highest BCUT2D eigenvalue weighted by Gasteiger charge is 2.39. The average molecular weight is 292 g/mol. The largest absolute Gasteiger partial charge is 0.392 e. The normalized spacial score (nSPS) is 28.1. The zero-order valence-electron chi connectivity index (χ0n) is 10.4. The van der Waals surface area contributed by atoms with E-state index in [1.54, 1.807) is 0 Å². The molecule has 1 atom stereocenters. The van der Waals surface area contributed by atoms with Gasteiger partial charge in [-0.3, -0.25) is 0 Å². The van der Waals surface area contributed by atoms with Gasteiger partial charge in [-0.1, -0.05) is 18.6 Å². The van der Waals surface area contributed by atoms with E-state index < -0.39 is 10.0 Å². The van der Waals surface area contributed by atoms with Crippen molar-refractivity contribution in [1.29, 1.82) is 0 Å². The molecule has 0 saturated carbocycles. The van der Waals surface area contributed by atoms with Crippen LogP contribution in [-0.2, 0) is 14.8 Å². The fourth-order valence-corrected chi connectivity index (χ4v) is 5.10. The van der Waals surface area contributed by atoms with Crippen molar-refractivity contribution in [3.05, 3.63) is 0 Å². The summed E-state index contributed by atoms with van der Waals surface area (Å²) < 4.78 is 32.0. The van der Waals surface area contributed by atoms with Gasteiger partial charge in [-0.25, -0.2) is 8.42 Å². The summed E-state index contributed by atoms with van der Waals surface area (Å²) in [6.07, 6.45) is 3.77. The highest BCUT2D eigenvalue weighted by Crippen LogP contribution is 2.27. The second kappa shape index (κ2) is 5.81. The fraction of sp³-hybridized carbons (Fsp3) is 0.909. The molecule has 2 aliphatic rings. The molecule has 2 saturated heterocycles. The van der Waals surface area contributed by atoms with Gasteiger partial charge in [-0.05, 0) is 25.7 Å². The maximum absolute atomic E-state index is 12.6. The van der Waals surface area contributed by atoms with Crippen molar-refractivity contribution in [1.82, 2.24) is 4.31 Å². The van der Waals surface area contributed by atoms with Crippen LogP contribution in [-0.4, -0.2) is 48.8 Å². The van der Waals surface area contributed by atoms with Crippen LogP contribution in [0.1, 0.15) is 32.1 Å². The summed E-state index contributed by atoms with van der Waals surface area (Å²) in [5, 5.41) is -0.332. The van der Waals surface area contributed by atoms with Crippen molar-refractivity contribution in [3.63, 3.8) is 0 Å². The molecule has 0 aliphatic carbocycles. The number of nitrogens with zero attached hydrogens (tertiary/aromatic N) is 1. The van der Waals surface area contributed by atoms with E-state index in [0.29, 0.717) is 37.6 Å². The molecule has 0 aromatic heterocycles. The smallest absolute Gasteiger partial charge is 0.217 e. The summed E-state index contributed by atoms with van der Waals surface area (Å²) in [4.78, 5) is 0.297. The standard InChI is InChI=1S/C11H20N2O3S2/c12-11(17)10-3-1-2-6-13(10)18(14,15)9-4-7-16-8-5-9/h9-10H,1-8H2,(H2,12,17). The van der Waals surface area contributed by atoms with Gasteiger partial charge in [0.05, 0.1) is 16.3 Å². The lowest BCUT2D eigenvalue weighted by atomic mass is 10.1. The van der Waals surface area contributed by atoms with Crippen LogP contribution in [0.4, 0.5) is 0 Å². The first-order valence-corrected chi connectivity index (χ1v) is 8.32. The van der Waals surface area contributed by atoms with Crippen molar-refractivity contribution < 1.29 is 13.2 Å². The van der Waals surface area contributed by atoms with Gasteiger partial charge in [0.25, 0.3) is 0 Å². The summed E-state index contributed by atoms with van der Waals surface area (Å²) in [6, 6.07) is -0.290. The predicted molar refractivity (Wildman–Crippen MR) is 73.9 cm³/mol. The molecule has 2 heterocycles. The summed E-state index contributed by atoms with van der Waals surface area (Å²) in [7, 11) is -3.29. The Morgan fingerprint density at radius 2 is 1.89 bits per heavy atom. The fourth-order valence-electron chi connectivity index (χ4n) is 2.66. The Morgan fingerprint density at radius 1 is 1.22 bits per heavy atom. The summed E-state index contributed by atoms with van der Waals surface area (Å²) in [5.41, 5.74) is 5.68. The number of piperidine rings is 1. The quantitative estimate of drug-likeness (QED) is 0.773. The van der Waals surface area contributed by atoms with Crippen LogP contribution in [0, 0.1) is 0 Å². The van der Waals surface area contributed by atoms with Crippen molar-refractivity contribution in [2.24, 2.45) is 5.73 Å². The molecule has 0 aromatic carbocycles. The number of hydrogen-bond acceptors (Lipinski definition) is 4. The highest BCUT2D eigenvalue weighted by molar-refractivity contribution is 7.89. The lowest BCUT2D eigenvalue weighted by Gasteiger charge is -2.37. The lowest BCUT2D eigenvalue weighted by Crippen LogP contribution is -2.53. The van der Waals surface area contributed by atoms with Crippen LogP contribution in [0.15, 0.2) is 0 Å². The molecule has 2 N–H and O–H groups in total. The van der Waals surface area contributed by atoms with Gasteiger partial charge in [0.1, 0.15) is 0 Å². The Labute approximate surface area is 114 Å². The number of ether oxygens (including phenoxy) is 1. The Kier molecular flexibility index (Phi) is 4.58. The third kappa shape index (κ3) is 2.84. The first-order valence-electron chi connectivity index (χ1n) is 6.41. The van der Waals surface area contributed by atoms with Gasteiger partial charge < -0.3 is 10.5 Å². The van der Waals surface area contributed by atoms with E-state index >= 15 is 0 Å². The van der Waals surface area contributed by atoms with Crippen molar-refractivity contribution in [2.75, 3.05) is 19.8 Å². The second-order valence-corrected chi connectivity index (χ2v) is 7.52. The molecule has 0 spiro atoms. The molecule has 18 heavy (non-hydrogen) atoms. The monoisotopic (exact) mass is 292 g/mol. The molecule has 0 bridgehead atoms. The Hall–Kier alpha value is -0.240. The molecular weight excluding hydrogens is 272 g/mol. The molecule has 2 aliphatic heterocycles. The first kappa shape index (κ1) is 14.2. The zero-order chi connectivity index (χ0) is 13.2.